The number of H-pyrrole nitrogens is 1. The molecule has 1 aromatic heterocycles. The van der Waals surface area contributed by atoms with Crippen molar-refractivity contribution in [3.05, 3.63) is 22.8 Å². The summed E-state index contributed by atoms with van der Waals surface area (Å²) in [6.07, 6.45) is 6.47. The normalized spacial score (nSPS) is 24.1. The minimum absolute atomic E-state index is 0.354. The van der Waals surface area contributed by atoms with Crippen molar-refractivity contribution >= 4 is 32.5 Å². The molecule has 0 radical (unpaired) electrons. The number of aromatic amines is 1. The summed E-state index contributed by atoms with van der Waals surface area (Å²) in [5.41, 5.74) is 2.13. The molecule has 2 N–H and O–H groups in total. The molecule has 0 bridgehead atoms. The third-order valence-corrected chi connectivity index (χ3v) is 5.25. The van der Waals surface area contributed by atoms with Crippen LogP contribution in [-0.2, 0) is 9.47 Å². The number of nitrogens with zero attached hydrogens (tertiary/aromatic N) is 1. The number of nitrogens with one attached hydrogen (secondary N) is 2. The number of ether oxygens (including phenoxy) is 2. The lowest BCUT2D eigenvalue weighted by Gasteiger charge is -2.39. The SMILES string of the molecule is Brc1cc(NCC2CCCCC23OCCO3)c2cn[nH]c2c1. The van der Waals surface area contributed by atoms with Crippen molar-refractivity contribution in [2.45, 2.75) is 31.5 Å². The van der Waals surface area contributed by atoms with Gasteiger partial charge in [-0.05, 0) is 25.0 Å². The van der Waals surface area contributed by atoms with Crippen LogP contribution in [0.15, 0.2) is 22.8 Å². The minimum atomic E-state index is -0.354. The molecule has 5 nitrogen and oxygen atoms in total. The molecule has 22 heavy (non-hydrogen) atoms. The number of benzene rings is 1. The number of aromatic nitrogens is 2. The molecule has 2 heterocycles. The standard InChI is InChI=1S/C16H20BrN3O2/c17-12-7-14(13-10-19-20-15(13)8-12)18-9-11-3-1-2-4-16(11)21-5-6-22-16/h7-8,10-11,18H,1-6,9H2,(H,19,20). The zero-order valence-electron chi connectivity index (χ0n) is 12.4. The number of fused-ring (bicyclic) bond motifs is 1. The Hall–Kier alpha value is -1.11. The van der Waals surface area contributed by atoms with Gasteiger partial charge in [-0.1, -0.05) is 22.4 Å². The molecule has 6 heteroatoms. The third-order valence-electron chi connectivity index (χ3n) is 4.79. The van der Waals surface area contributed by atoms with Crippen LogP contribution in [-0.4, -0.2) is 35.7 Å². The molecule has 118 valence electrons. The first-order valence-electron chi connectivity index (χ1n) is 7.91. The fraction of sp³-hybridized carbons (Fsp3) is 0.562. The molecule has 1 unspecified atom stereocenters. The van der Waals surface area contributed by atoms with Gasteiger partial charge in [0.05, 0.1) is 24.9 Å². The van der Waals surface area contributed by atoms with Crippen molar-refractivity contribution in [3.8, 4) is 0 Å². The summed E-state index contributed by atoms with van der Waals surface area (Å²) >= 11 is 3.56. The molecule has 1 aromatic carbocycles. The molecular formula is C16H20BrN3O2. The zero-order chi connectivity index (χ0) is 15.0. The second-order valence-electron chi connectivity index (χ2n) is 6.12. The molecule has 0 amide bonds. The Balaban J connectivity index is 1.54. The van der Waals surface area contributed by atoms with Gasteiger partial charge >= 0.3 is 0 Å². The summed E-state index contributed by atoms with van der Waals surface area (Å²) in [5, 5.41) is 11.8. The molecule has 1 aliphatic carbocycles. The average Bonchev–Trinajstić information content (AvgIpc) is 3.16. The van der Waals surface area contributed by atoms with Crippen LogP contribution in [0.25, 0.3) is 10.9 Å². The third kappa shape index (κ3) is 2.53. The number of hydrogen-bond acceptors (Lipinski definition) is 4. The van der Waals surface area contributed by atoms with Crippen LogP contribution in [0.5, 0.6) is 0 Å². The van der Waals surface area contributed by atoms with E-state index >= 15 is 0 Å². The summed E-state index contributed by atoms with van der Waals surface area (Å²) in [6, 6.07) is 4.14. The lowest BCUT2D eigenvalue weighted by Crippen LogP contribution is -2.45. The number of rotatable bonds is 3. The zero-order valence-corrected chi connectivity index (χ0v) is 14.0. The second-order valence-corrected chi connectivity index (χ2v) is 7.03. The highest BCUT2D eigenvalue weighted by Gasteiger charge is 2.45. The quantitative estimate of drug-likeness (QED) is 0.870. The van der Waals surface area contributed by atoms with Gasteiger partial charge in [0.1, 0.15) is 0 Å². The van der Waals surface area contributed by atoms with E-state index in [0.29, 0.717) is 5.92 Å². The largest absolute Gasteiger partial charge is 0.384 e. The van der Waals surface area contributed by atoms with Crippen LogP contribution >= 0.6 is 15.9 Å². The van der Waals surface area contributed by atoms with Crippen molar-refractivity contribution in [3.63, 3.8) is 0 Å². The number of anilines is 1. The van der Waals surface area contributed by atoms with E-state index in [1.165, 1.54) is 12.8 Å². The van der Waals surface area contributed by atoms with E-state index in [1.54, 1.807) is 0 Å². The Bertz CT molecular complexity index is 666. The van der Waals surface area contributed by atoms with Gasteiger partial charge in [-0.3, -0.25) is 5.10 Å². The first kappa shape index (κ1) is 14.5. The van der Waals surface area contributed by atoms with E-state index in [9.17, 15) is 0 Å². The number of halogens is 1. The van der Waals surface area contributed by atoms with Crippen LogP contribution in [0, 0.1) is 5.92 Å². The highest BCUT2D eigenvalue weighted by molar-refractivity contribution is 9.10. The van der Waals surface area contributed by atoms with Gasteiger partial charge in [0.25, 0.3) is 0 Å². The van der Waals surface area contributed by atoms with Crippen LogP contribution < -0.4 is 5.32 Å². The molecule has 1 aliphatic heterocycles. The Labute approximate surface area is 137 Å². The summed E-state index contributed by atoms with van der Waals surface area (Å²) in [5.74, 6) is 0.0388. The van der Waals surface area contributed by atoms with Crippen molar-refractivity contribution in [1.29, 1.82) is 0 Å². The maximum atomic E-state index is 5.99. The van der Waals surface area contributed by atoms with E-state index < -0.39 is 0 Å². The van der Waals surface area contributed by atoms with Crippen molar-refractivity contribution in [2.75, 3.05) is 25.1 Å². The fourth-order valence-corrected chi connectivity index (χ4v) is 4.15. The Morgan fingerprint density at radius 3 is 3.05 bits per heavy atom. The lowest BCUT2D eigenvalue weighted by atomic mass is 9.83. The van der Waals surface area contributed by atoms with Crippen molar-refractivity contribution in [2.24, 2.45) is 5.92 Å². The predicted octanol–water partition coefficient (Wildman–Crippen LogP) is 3.67. The molecule has 1 saturated carbocycles. The molecule has 1 spiro atoms. The Morgan fingerprint density at radius 2 is 2.18 bits per heavy atom. The highest BCUT2D eigenvalue weighted by Crippen LogP contribution is 2.40. The van der Waals surface area contributed by atoms with E-state index in [1.807, 2.05) is 12.3 Å². The summed E-state index contributed by atoms with van der Waals surface area (Å²) < 4.78 is 13.0. The van der Waals surface area contributed by atoms with Gasteiger partial charge in [-0.15, -0.1) is 0 Å². The van der Waals surface area contributed by atoms with Gasteiger partial charge in [0.15, 0.2) is 5.79 Å². The fourth-order valence-electron chi connectivity index (χ4n) is 3.69. The highest BCUT2D eigenvalue weighted by atomic mass is 79.9. The summed E-state index contributed by atoms with van der Waals surface area (Å²) in [6.45, 7) is 2.30. The van der Waals surface area contributed by atoms with Crippen LogP contribution in [0.4, 0.5) is 5.69 Å². The van der Waals surface area contributed by atoms with Gasteiger partial charge in [0.2, 0.25) is 0 Å². The maximum absolute atomic E-state index is 5.99. The van der Waals surface area contributed by atoms with Crippen molar-refractivity contribution < 1.29 is 9.47 Å². The number of hydrogen-bond donors (Lipinski definition) is 2. The van der Waals surface area contributed by atoms with E-state index in [-0.39, 0.29) is 5.79 Å². The smallest absolute Gasteiger partial charge is 0.172 e. The summed E-state index contributed by atoms with van der Waals surface area (Å²) in [7, 11) is 0. The first-order valence-corrected chi connectivity index (χ1v) is 8.71. The maximum Gasteiger partial charge on any atom is 0.172 e. The molecule has 4 rings (SSSR count). The minimum Gasteiger partial charge on any atom is -0.384 e. The predicted molar refractivity (Wildman–Crippen MR) is 88.9 cm³/mol. The van der Waals surface area contributed by atoms with Gasteiger partial charge < -0.3 is 14.8 Å². The van der Waals surface area contributed by atoms with E-state index in [4.69, 9.17) is 9.47 Å². The molecule has 1 atom stereocenters. The van der Waals surface area contributed by atoms with Crippen molar-refractivity contribution in [1.82, 2.24) is 10.2 Å². The average molecular weight is 366 g/mol. The van der Waals surface area contributed by atoms with Gasteiger partial charge in [-0.25, -0.2) is 0 Å². The molecule has 2 aliphatic rings. The summed E-state index contributed by atoms with van der Waals surface area (Å²) in [4.78, 5) is 0. The van der Waals surface area contributed by atoms with Gasteiger partial charge in [0, 0.05) is 34.4 Å². The molecule has 1 saturated heterocycles. The van der Waals surface area contributed by atoms with Crippen LogP contribution in [0.3, 0.4) is 0 Å². The molecule has 2 fully saturated rings. The van der Waals surface area contributed by atoms with Crippen LogP contribution in [0.1, 0.15) is 25.7 Å². The molecule has 2 aromatic rings. The Kier molecular flexibility index (Phi) is 3.84. The first-order chi connectivity index (χ1) is 10.8. The second kappa shape index (κ2) is 5.83. The monoisotopic (exact) mass is 365 g/mol. The lowest BCUT2D eigenvalue weighted by molar-refractivity contribution is -0.208. The van der Waals surface area contributed by atoms with Gasteiger partial charge in [-0.2, -0.15) is 5.10 Å². The Morgan fingerprint density at radius 1 is 1.32 bits per heavy atom. The molecular weight excluding hydrogens is 346 g/mol. The topological polar surface area (TPSA) is 59.2 Å². The van der Waals surface area contributed by atoms with E-state index in [0.717, 1.165) is 53.7 Å². The van der Waals surface area contributed by atoms with E-state index in [2.05, 4.69) is 37.5 Å². The van der Waals surface area contributed by atoms with Crippen LogP contribution in [0.2, 0.25) is 0 Å².